The Labute approximate surface area is 86.3 Å². The zero-order chi connectivity index (χ0) is 10.8. The number of carboxylic acid groups (broad SMARTS) is 1. The van der Waals surface area contributed by atoms with Gasteiger partial charge in [-0.15, -0.1) is 0 Å². The minimum absolute atomic E-state index is 0.146. The fraction of sp³-hybridized carbons (Fsp3) is 0.333. The first-order valence-corrected chi connectivity index (χ1v) is 4.49. The highest BCUT2D eigenvalue weighted by molar-refractivity contribution is 5.63. The van der Waals surface area contributed by atoms with Crippen molar-refractivity contribution in [2.75, 3.05) is 18.8 Å². The molecule has 2 heterocycles. The number of likely N-dealkylation sites (tertiary alicyclic amines) is 1. The number of rotatable bonds is 2. The summed E-state index contributed by atoms with van der Waals surface area (Å²) < 4.78 is 5.46. The van der Waals surface area contributed by atoms with Gasteiger partial charge in [-0.1, -0.05) is 0 Å². The molecule has 1 fully saturated rings. The Morgan fingerprint density at radius 3 is 3.00 bits per heavy atom. The summed E-state index contributed by atoms with van der Waals surface area (Å²) in [6, 6.07) is 1.65. The minimum atomic E-state index is -1.17. The summed E-state index contributed by atoms with van der Waals surface area (Å²) in [5, 5.41) is 10.4. The van der Waals surface area contributed by atoms with E-state index >= 15 is 0 Å². The summed E-state index contributed by atoms with van der Waals surface area (Å²) in [6.07, 6.45) is 1.75. The molecular formula is C9H10N3O3-. The van der Waals surface area contributed by atoms with Gasteiger partial charge in [0, 0.05) is 12.3 Å². The third kappa shape index (κ3) is 1.93. The number of nitrogens with two attached hydrogens (primary N) is 1. The van der Waals surface area contributed by atoms with Gasteiger partial charge >= 0.3 is 0 Å². The van der Waals surface area contributed by atoms with Crippen LogP contribution in [0.2, 0.25) is 0 Å². The number of amides is 1. The molecule has 1 aromatic heterocycles. The smallest absolute Gasteiger partial charge is 0.145 e. The van der Waals surface area contributed by atoms with Gasteiger partial charge < -0.3 is 25.3 Å². The number of anilines is 1. The summed E-state index contributed by atoms with van der Waals surface area (Å²) in [7, 11) is 0. The summed E-state index contributed by atoms with van der Waals surface area (Å²) in [5.41, 5.74) is 6.06. The highest BCUT2D eigenvalue weighted by atomic mass is 16.5. The van der Waals surface area contributed by atoms with Crippen molar-refractivity contribution in [2.45, 2.75) is 6.10 Å². The number of hydrogen-bond donors (Lipinski definition) is 1. The molecular weight excluding hydrogens is 198 g/mol. The van der Waals surface area contributed by atoms with Crippen LogP contribution in [0.5, 0.6) is 5.75 Å². The van der Waals surface area contributed by atoms with Crippen molar-refractivity contribution in [3.05, 3.63) is 18.5 Å². The van der Waals surface area contributed by atoms with Crippen molar-refractivity contribution < 1.29 is 14.6 Å². The van der Waals surface area contributed by atoms with Gasteiger partial charge in [-0.3, -0.25) is 4.98 Å². The van der Waals surface area contributed by atoms with Crippen LogP contribution in [-0.4, -0.2) is 35.2 Å². The van der Waals surface area contributed by atoms with Gasteiger partial charge in [0.25, 0.3) is 0 Å². The fourth-order valence-electron chi connectivity index (χ4n) is 1.34. The number of carbonyl (C=O) groups is 1. The van der Waals surface area contributed by atoms with E-state index in [9.17, 15) is 9.90 Å². The van der Waals surface area contributed by atoms with Crippen molar-refractivity contribution in [1.82, 2.24) is 9.88 Å². The Morgan fingerprint density at radius 1 is 1.67 bits per heavy atom. The Hall–Kier alpha value is -1.98. The summed E-state index contributed by atoms with van der Waals surface area (Å²) >= 11 is 0. The molecule has 0 saturated carbocycles. The number of pyridine rings is 1. The Bertz CT molecular complexity index is 377. The van der Waals surface area contributed by atoms with Crippen LogP contribution in [0.15, 0.2) is 18.5 Å². The van der Waals surface area contributed by atoms with E-state index in [2.05, 4.69) is 4.98 Å². The highest BCUT2D eigenvalue weighted by Gasteiger charge is 2.28. The van der Waals surface area contributed by atoms with E-state index in [0.29, 0.717) is 24.5 Å². The van der Waals surface area contributed by atoms with Gasteiger partial charge in [0.2, 0.25) is 0 Å². The second-order valence-electron chi connectivity index (χ2n) is 3.32. The normalized spacial score (nSPS) is 15.9. The van der Waals surface area contributed by atoms with Gasteiger partial charge in [-0.25, -0.2) is 0 Å². The lowest BCUT2D eigenvalue weighted by Crippen LogP contribution is -2.59. The molecule has 0 radical (unpaired) electrons. The number of nitrogens with zero attached hydrogens (tertiary/aromatic N) is 2. The quantitative estimate of drug-likeness (QED) is 0.678. The lowest BCUT2D eigenvalue weighted by atomic mass is 10.2. The monoisotopic (exact) mass is 208 g/mol. The van der Waals surface area contributed by atoms with Crippen LogP contribution in [-0.2, 0) is 0 Å². The van der Waals surface area contributed by atoms with Gasteiger partial charge in [-0.05, 0) is 0 Å². The maximum absolute atomic E-state index is 10.4. The molecule has 0 aromatic carbocycles. The predicted molar refractivity (Wildman–Crippen MR) is 50.0 cm³/mol. The minimum Gasteiger partial charge on any atom is -0.530 e. The molecule has 0 bridgehead atoms. The van der Waals surface area contributed by atoms with Crippen molar-refractivity contribution >= 4 is 11.8 Å². The molecule has 15 heavy (non-hydrogen) atoms. The number of ether oxygens (including phenoxy) is 1. The van der Waals surface area contributed by atoms with Crippen molar-refractivity contribution in [3.63, 3.8) is 0 Å². The summed E-state index contributed by atoms with van der Waals surface area (Å²) in [4.78, 5) is 15.4. The molecule has 0 atom stereocenters. The van der Waals surface area contributed by atoms with E-state index in [0.717, 1.165) is 0 Å². The van der Waals surface area contributed by atoms with E-state index < -0.39 is 6.09 Å². The maximum Gasteiger partial charge on any atom is 0.145 e. The van der Waals surface area contributed by atoms with E-state index in [1.807, 2.05) is 0 Å². The van der Waals surface area contributed by atoms with E-state index in [-0.39, 0.29) is 6.10 Å². The Kier molecular flexibility index (Phi) is 2.32. The molecule has 2 N–H and O–H groups in total. The zero-order valence-corrected chi connectivity index (χ0v) is 7.92. The third-order valence-electron chi connectivity index (χ3n) is 2.21. The van der Waals surface area contributed by atoms with Crippen LogP contribution in [0.1, 0.15) is 0 Å². The first-order valence-electron chi connectivity index (χ1n) is 4.49. The number of nitrogen functional groups attached to an aromatic ring is 1. The summed E-state index contributed by atoms with van der Waals surface area (Å²) in [5.74, 6) is 0.535. The SMILES string of the molecule is Nc1cnccc1OC1CN(C(=O)[O-])C1. The molecule has 6 heteroatoms. The van der Waals surface area contributed by atoms with Crippen LogP contribution >= 0.6 is 0 Å². The standard InChI is InChI=1S/C9H11N3O3/c10-7-3-11-2-1-8(7)15-6-4-12(5-6)9(13)14/h1-3,6H,4-5,10H2,(H,13,14)/p-1. The molecule has 1 aliphatic rings. The van der Waals surface area contributed by atoms with E-state index in [4.69, 9.17) is 10.5 Å². The number of carbonyl (C=O) groups excluding carboxylic acids is 1. The van der Waals surface area contributed by atoms with E-state index in [1.165, 1.54) is 11.1 Å². The predicted octanol–water partition coefficient (Wildman–Crippen LogP) is -0.930. The van der Waals surface area contributed by atoms with Crippen molar-refractivity contribution in [3.8, 4) is 5.75 Å². The average molecular weight is 208 g/mol. The molecule has 0 spiro atoms. The molecule has 0 unspecified atom stereocenters. The molecule has 1 saturated heterocycles. The van der Waals surface area contributed by atoms with Crippen LogP contribution in [0, 0.1) is 0 Å². The molecule has 6 nitrogen and oxygen atoms in total. The Balaban J connectivity index is 1.90. The summed E-state index contributed by atoms with van der Waals surface area (Å²) in [6.45, 7) is 0.647. The second kappa shape index (κ2) is 3.64. The average Bonchev–Trinajstić information content (AvgIpc) is 2.12. The van der Waals surface area contributed by atoms with Crippen molar-refractivity contribution in [1.29, 1.82) is 0 Å². The second-order valence-corrected chi connectivity index (χ2v) is 3.32. The fourth-order valence-corrected chi connectivity index (χ4v) is 1.34. The molecule has 1 aliphatic heterocycles. The van der Waals surface area contributed by atoms with E-state index in [1.54, 1.807) is 12.3 Å². The number of hydrogen-bond acceptors (Lipinski definition) is 5. The lowest BCUT2D eigenvalue weighted by molar-refractivity contribution is -0.272. The molecule has 1 amide bonds. The first-order chi connectivity index (χ1) is 7.16. The topological polar surface area (TPSA) is 91.5 Å². The first kappa shape index (κ1) is 9.57. The van der Waals surface area contributed by atoms with Gasteiger partial charge in [0.15, 0.2) is 0 Å². The molecule has 1 aromatic rings. The van der Waals surface area contributed by atoms with Crippen LogP contribution < -0.4 is 15.6 Å². The van der Waals surface area contributed by atoms with Gasteiger partial charge in [0.05, 0.1) is 25.0 Å². The highest BCUT2D eigenvalue weighted by Crippen LogP contribution is 2.22. The zero-order valence-electron chi connectivity index (χ0n) is 7.92. The molecule has 2 rings (SSSR count). The van der Waals surface area contributed by atoms with Crippen molar-refractivity contribution in [2.24, 2.45) is 0 Å². The largest absolute Gasteiger partial charge is 0.530 e. The van der Waals surface area contributed by atoms with Crippen LogP contribution in [0.25, 0.3) is 0 Å². The maximum atomic E-state index is 10.4. The van der Waals surface area contributed by atoms with Gasteiger partial charge in [0.1, 0.15) is 17.9 Å². The van der Waals surface area contributed by atoms with Crippen LogP contribution in [0.4, 0.5) is 10.5 Å². The lowest BCUT2D eigenvalue weighted by Gasteiger charge is -2.40. The third-order valence-corrected chi connectivity index (χ3v) is 2.21. The van der Waals surface area contributed by atoms with Crippen LogP contribution in [0.3, 0.4) is 0 Å². The number of aromatic nitrogens is 1. The molecule has 0 aliphatic carbocycles. The molecule has 80 valence electrons. The van der Waals surface area contributed by atoms with Gasteiger partial charge in [-0.2, -0.15) is 0 Å². The Morgan fingerprint density at radius 2 is 2.40 bits per heavy atom.